The van der Waals surface area contributed by atoms with Gasteiger partial charge in [0.25, 0.3) is 0 Å². The maximum atomic E-state index is 12.0. The molecule has 0 heterocycles. The molecule has 0 spiro atoms. The molecule has 0 aliphatic carbocycles. The van der Waals surface area contributed by atoms with Crippen molar-refractivity contribution in [2.24, 2.45) is 0 Å². The van der Waals surface area contributed by atoms with Gasteiger partial charge in [-0.3, -0.25) is 4.79 Å². The first-order chi connectivity index (χ1) is 13.2. The molecule has 3 aromatic carbocycles. The van der Waals surface area contributed by atoms with Gasteiger partial charge < -0.3 is 15.4 Å². The van der Waals surface area contributed by atoms with E-state index in [-0.39, 0.29) is 5.91 Å². The number of carbonyl (C=O) groups is 1. The molecule has 0 unspecified atom stereocenters. The third kappa shape index (κ3) is 6.19. The van der Waals surface area contributed by atoms with E-state index in [9.17, 15) is 4.79 Å². The molecule has 4 nitrogen and oxygen atoms in total. The predicted octanol–water partition coefficient (Wildman–Crippen LogP) is 4.91. The highest BCUT2D eigenvalue weighted by Gasteiger charge is 2.02. The van der Waals surface area contributed by atoms with Gasteiger partial charge in [-0.1, -0.05) is 48.0 Å². The summed E-state index contributed by atoms with van der Waals surface area (Å²) in [4.78, 5) is 12.0. The van der Waals surface area contributed by atoms with E-state index in [1.165, 1.54) is 5.56 Å². The normalized spacial score (nSPS) is 10.3. The monoisotopic (exact) mass is 360 g/mol. The largest absolute Gasteiger partial charge is 0.457 e. The van der Waals surface area contributed by atoms with E-state index in [1.807, 2.05) is 85.8 Å². The van der Waals surface area contributed by atoms with Crippen LogP contribution in [0, 0.1) is 6.92 Å². The molecule has 3 aromatic rings. The van der Waals surface area contributed by atoms with Crippen molar-refractivity contribution in [1.29, 1.82) is 0 Å². The molecule has 4 heteroatoms. The molecule has 0 saturated heterocycles. The highest BCUT2D eigenvalue weighted by Crippen LogP contribution is 2.22. The zero-order valence-electron chi connectivity index (χ0n) is 15.4. The SMILES string of the molecule is Cc1ccc(CNC(=O)CCNc2ccc(Oc3ccccc3)cc2)cc1. The van der Waals surface area contributed by atoms with Crippen LogP contribution in [0.2, 0.25) is 0 Å². The molecule has 3 rings (SSSR count). The first-order valence-corrected chi connectivity index (χ1v) is 9.08. The van der Waals surface area contributed by atoms with Crippen molar-refractivity contribution in [1.82, 2.24) is 5.32 Å². The Bertz CT molecular complexity index is 844. The molecule has 0 saturated carbocycles. The lowest BCUT2D eigenvalue weighted by atomic mass is 10.1. The van der Waals surface area contributed by atoms with Gasteiger partial charge in [0.2, 0.25) is 5.91 Å². The third-order valence-electron chi connectivity index (χ3n) is 4.12. The number of hydrogen-bond donors (Lipinski definition) is 2. The van der Waals surface area contributed by atoms with Crippen molar-refractivity contribution in [3.63, 3.8) is 0 Å². The summed E-state index contributed by atoms with van der Waals surface area (Å²) in [5, 5.41) is 6.20. The number of amides is 1. The maximum Gasteiger partial charge on any atom is 0.222 e. The minimum Gasteiger partial charge on any atom is -0.457 e. The van der Waals surface area contributed by atoms with Crippen LogP contribution in [-0.4, -0.2) is 12.5 Å². The number of rotatable bonds is 8. The maximum absolute atomic E-state index is 12.0. The zero-order valence-corrected chi connectivity index (χ0v) is 15.4. The molecule has 0 aliphatic heterocycles. The number of nitrogens with one attached hydrogen (secondary N) is 2. The van der Waals surface area contributed by atoms with Gasteiger partial charge in [-0.2, -0.15) is 0 Å². The van der Waals surface area contributed by atoms with Gasteiger partial charge in [-0.05, 0) is 48.9 Å². The molecule has 1 amide bonds. The van der Waals surface area contributed by atoms with E-state index in [4.69, 9.17) is 4.74 Å². The second kappa shape index (κ2) is 9.43. The van der Waals surface area contributed by atoms with E-state index in [1.54, 1.807) is 0 Å². The van der Waals surface area contributed by atoms with Gasteiger partial charge in [0.1, 0.15) is 11.5 Å². The molecule has 0 radical (unpaired) electrons. The average molecular weight is 360 g/mol. The number of para-hydroxylation sites is 1. The Kier molecular flexibility index (Phi) is 6.47. The van der Waals surface area contributed by atoms with Crippen molar-refractivity contribution >= 4 is 11.6 Å². The van der Waals surface area contributed by atoms with Crippen molar-refractivity contribution in [3.8, 4) is 11.5 Å². The second-order valence-corrected chi connectivity index (χ2v) is 6.38. The van der Waals surface area contributed by atoms with Gasteiger partial charge >= 0.3 is 0 Å². The molecule has 0 atom stereocenters. The highest BCUT2D eigenvalue weighted by atomic mass is 16.5. The molecule has 2 N–H and O–H groups in total. The molecule has 138 valence electrons. The van der Waals surface area contributed by atoms with Crippen molar-refractivity contribution in [3.05, 3.63) is 90.0 Å². The lowest BCUT2D eigenvalue weighted by molar-refractivity contribution is -0.121. The Morgan fingerprint density at radius 2 is 1.52 bits per heavy atom. The number of aryl methyl sites for hydroxylation is 1. The van der Waals surface area contributed by atoms with Crippen LogP contribution >= 0.6 is 0 Å². The van der Waals surface area contributed by atoms with Crippen molar-refractivity contribution in [2.75, 3.05) is 11.9 Å². The molecule has 0 aromatic heterocycles. The number of anilines is 1. The Morgan fingerprint density at radius 3 is 2.22 bits per heavy atom. The number of hydrogen-bond acceptors (Lipinski definition) is 3. The fourth-order valence-corrected chi connectivity index (χ4v) is 2.58. The van der Waals surface area contributed by atoms with Crippen LogP contribution in [0.5, 0.6) is 11.5 Å². The van der Waals surface area contributed by atoms with Crippen LogP contribution in [0.25, 0.3) is 0 Å². The minimum absolute atomic E-state index is 0.0344. The summed E-state index contributed by atoms with van der Waals surface area (Å²) in [6.45, 7) is 3.19. The standard InChI is InChI=1S/C23H24N2O2/c1-18-7-9-19(10-8-18)17-25-23(26)15-16-24-20-11-13-22(14-12-20)27-21-5-3-2-4-6-21/h2-14,24H,15-17H2,1H3,(H,25,26). The first kappa shape index (κ1) is 18.5. The van der Waals surface area contributed by atoms with E-state index in [0.29, 0.717) is 19.5 Å². The van der Waals surface area contributed by atoms with Crippen molar-refractivity contribution < 1.29 is 9.53 Å². The molecular formula is C23H24N2O2. The summed E-state index contributed by atoms with van der Waals surface area (Å²) in [5.74, 6) is 1.62. The van der Waals surface area contributed by atoms with Gasteiger partial charge in [0.05, 0.1) is 0 Å². The smallest absolute Gasteiger partial charge is 0.222 e. The molecule has 0 bridgehead atoms. The quantitative estimate of drug-likeness (QED) is 0.600. The summed E-state index contributed by atoms with van der Waals surface area (Å²) >= 11 is 0. The summed E-state index contributed by atoms with van der Waals surface area (Å²) in [5.41, 5.74) is 3.28. The van der Waals surface area contributed by atoms with E-state index < -0.39 is 0 Å². The Hall–Kier alpha value is -3.27. The van der Waals surface area contributed by atoms with E-state index >= 15 is 0 Å². The number of benzene rings is 3. The topological polar surface area (TPSA) is 50.4 Å². The zero-order chi connectivity index (χ0) is 18.9. The third-order valence-corrected chi connectivity index (χ3v) is 4.12. The van der Waals surface area contributed by atoms with Crippen LogP contribution in [0.15, 0.2) is 78.9 Å². The molecule has 0 aliphatic rings. The van der Waals surface area contributed by atoms with Crippen LogP contribution < -0.4 is 15.4 Å². The molecular weight excluding hydrogens is 336 g/mol. The fraction of sp³-hybridized carbons (Fsp3) is 0.174. The van der Waals surface area contributed by atoms with Crippen LogP contribution in [-0.2, 0) is 11.3 Å². The molecule has 27 heavy (non-hydrogen) atoms. The fourth-order valence-electron chi connectivity index (χ4n) is 2.58. The number of carbonyl (C=O) groups excluding carboxylic acids is 1. The van der Waals surface area contributed by atoms with Gasteiger partial charge in [-0.15, -0.1) is 0 Å². The average Bonchev–Trinajstić information content (AvgIpc) is 2.70. The van der Waals surface area contributed by atoms with E-state index in [2.05, 4.69) is 10.6 Å². The summed E-state index contributed by atoms with van der Waals surface area (Å²) in [6, 6.07) is 25.6. The lowest BCUT2D eigenvalue weighted by Crippen LogP contribution is -2.24. The lowest BCUT2D eigenvalue weighted by Gasteiger charge is -2.09. The second-order valence-electron chi connectivity index (χ2n) is 6.38. The van der Waals surface area contributed by atoms with Crippen molar-refractivity contribution in [2.45, 2.75) is 19.9 Å². The van der Waals surface area contributed by atoms with Gasteiger partial charge in [-0.25, -0.2) is 0 Å². The minimum atomic E-state index is 0.0344. The van der Waals surface area contributed by atoms with E-state index in [0.717, 1.165) is 22.7 Å². The molecule has 0 fully saturated rings. The van der Waals surface area contributed by atoms with Crippen LogP contribution in [0.1, 0.15) is 17.5 Å². The highest BCUT2D eigenvalue weighted by molar-refractivity contribution is 5.76. The number of ether oxygens (including phenoxy) is 1. The summed E-state index contributed by atoms with van der Waals surface area (Å²) < 4.78 is 5.77. The van der Waals surface area contributed by atoms with Crippen LogP contribution in [0.3, 0.4) is 0 Å². The summed E-state index contributed by atoms with van der Waals surface area (Å²) in [7, 11) is 0. The van der Waals surface area contributed by atoms with Gasteiger partial charge in [0.15, 0.2) is 0 Å². The summed E-state index contributed by atoms with van der Waals surface area (Å²) in [6.07, 6.45) is 0.425. The Labute approximate surface area is 160 Å². The Morgan fingerprint density at radius 1 is 0.852 bits per heavy atom. The predicted molar refractivity (Wildman–Crippen MR) is 109 cm³/mol. The van der Waals surface area contributed by atoms with Gasteiger partial charge in [0, 0.05) is 25.2 Å². The van der Waals surface area contributed by atoms with Crippen LogP contribution in [0.4, 0.5) is 5.69 Å². The Balaban J connectivity index is 1.38. The first-order valence-electron chi connectivity index (χ1n) is 9.08.